The summed E-state index contributed by atoms with van der Waals surface area (Å²) in [6.45, 7) is 10.8. The third-order valence-corrected chi connectivity index (χ3v) is 1.88. The Morgan fingerprint density at radius 3 is 2.75 bits per heavy atom. The van der Waals surface area contributed by atoms with E-state index >= 15 is 0 Å². The average molecular weight is 184 g/mol. The Kier molecular flexibility index (Phi) is 7.91. The second kappa shape index (κ2) is 8.40. The lowest BCUT2D eigenvalue weighted by molar-refractivity contribution is 1.04. The van der Waals surface area contributed by atoms with Crippen LogP contribution in [0.2, 0.25) is 0 Å². The van der Waals surface area contributed by atoms with Gasteiger partial charge < -0.3 is 5.32 Å². The van der Waals surface area contributed by atoms with Gasteiger partial charge >= 0.3 is 0 Å². The molecule has 0 aliphatic carbocycles. The molecule has 0 aliphatic heterocycles. The SMILES string of the molecule is C=CCN=C(NCC=C)SCC. The number of nitrogens with one attached hydrogen (secondary N) is 1. The maximum Gasteiger partial charge on any atom is 0.157 e. The van der Waals surface area contributed by atoms with Crippen molar-refractivity contribution in [1.29, 1.82) is 0 Å². The molecule has 0 heterocycles. The van der Waals surface area contributed by atoms with Crippen molar-refractivity contribution >= 4 is 16.9 Å². The minimum atomic E-state index is 0.673. The lowest BCUT2D eigenvalue weighted by Crippen LogP contribution is -2.20. The first-order valence-electron chi connectivity index (χ1n) is 3.98. The average Bonchev–Trinajstić information content (AvgIpc) is 2.10. The molecule has 0 saturated heterocycles. The number of amidine groups is 1. The first-order valence-corrected chi connectivity index (χ1v) is 4.96. The molecule has 12 heavy (non-hydrogen) atoms. The molecule has 2 nitrogen and oxygen atoms in total. The molecule has 0 bridgehead atoms. The monoisotopic (exact) mass is 184 g/mol. The molecule has 0 unspecified atom stereocenters. The molecule has 3 heteroatoms. The molecule has 0 fully saturated rings. The highest BCUT2D eigenvalue weighted by atomic mass is 32.2. The smallest absolute Gasteiger partial charge is 0.157 e. The van der Waals surface area contributed by atoms with Gasteiger partial charge in [-0.25, -0.2) is 0 Å². The highest BCUT2D eigenvalue weighted by Gasteiger charge is 1.93. The first kappa shape index (κ1) is 11.3. The Hall–Kier alpha value is -0.700. The van der Waals surface area contributed by atoms with Gasteiger partial charge in [-0.05, 0) is 5.75 Å². The lowest BCUT2D eigenvalue weighted by atomic mass is 10.6. The van der Waals surface area contributed by atoms with Gasteiger partial charge in [-0.2, -0.15) is 0 Å². The number of nitrogens with zero attached hydrogens (tertiary/aromatic N) is 1. The molecular formula is C9H16N2S. The molecule has 0 aromatic heterocycles. The van der Waals surface area contributed by atoms with Gasteiger partial charge in [0, 0.05) is 6.54 Å². The zero-order chi connectivity index (χ0) is 9.23. The van der Waals surface area contributed by atoms with Crippen LogP contribution in [0.3, 0.4) is 0 Å². The Labute approximate surface area is 78.8 Å². The second-order valence-electron chi connectivity index (χ2n) is 2.04. The summed E-state index contributed by atoms with van der Waals surface area (Å²) >= 11 is 1.70. The van der Waals surface area contributed by atoms with Crippen molar-refractivity contribution in [3.8, 4) is 0 Å². The third-order valence-electron chi connectivity index (χ3n) is 1.04. The summed E-state index contributed by atoms with van der Waals surface area (Å²) in [6, 6.07) is 0. The highest BCUT2D eigenvalue weighted by Crippen LogP contribution is 2.00. The van der Waals surface area contributed by atoms with Crippen molar-refractivity contribution < 1.29 is 0 Å². The predicted octanol–water partition coefficient (Wildman–Crippen LogP) is 2.06. The zero-order valence-corrected chi connectivity index (χ0v) is 8.36. The van der Waals surface area contributed by atoms with Crippen molar-refractivity contribution in [1.82, 2.24) is 5.32 Å². The lowest BCUT2D eigenvalue weighted by Gasteiger charge is -2.04. The second-order valence-corrected chi connectivity index (χ2v) is 3.29. The Morgan fingerprint density at radius 2 is 2.25 bits per heavy atom. The van der Waals surface area contributed by atoms with E-state index < -0.39 is 0 Å². The maximum absolute atomic E-state index is 4.27. The molecule has 1 N–H and O–H groups in total. The van der Waals surface area contributed by atoms with E-state index in [0.29, 0.717) is 6.54 Å². The summed E-state index contributed by atoms with van der Waals surface area (Å²) in [5.41, 5.74) is 0. The molecule has 0 aliphatic rings. The Bertz CT molecular complexity index is 164. The van der Waals surface area contributed by atoms with Gasteiger partial charge in [0.2, 0.25) is 0 Å². The highest BCUT2D eigenvalue weighted by molar-refractivity contribution is 8.13. The van der Waals surface area contributed by atoms with Crippen molar-refractivity contribution in [2.24, 2.45) is 4.99 Å². The van der Waals surface area contributed by atoms with E-state index in [1.165, 1.54) is 0 Å². The quantitative estimate of drug-likeness (QED) is 0.402. The summed E-state index contributed by atoms with van der Waals surface area (Å²) in [7, 11) is 0. The Morgan fingerprint density at radius 1 is 1.50 bits per heavy atom. The van der Waals surface area contributed by atoms with E-state index in [1.54, 1.807) is 17.8 Å². The van der Waals surface area contributed by atoms with Crippen LogP contribution in [0.25, 0.3) is 0 Å². The minimum absolute atomic E-state index is 0.673. The van der Waals surface area contributed by atoms with Gasteiger partial charge in [0.1, 0.15) is 0 Å². The predicted molar refractivity (Wildman–Crippen MR) is 58.8 cm³/mol. The number of aliphatic imine (C=N–C) groups is 1. The van der Waals surface area contributed by atoms with Crippen LogP contribution in [-0.4, -0.2) is 24.0 Å². The molecule has 0 aromatic rings. The van der Waals surface area contributed by atoms with E-state index in [2.05, 4.69) is 30.4 Å². The van der Waals surface area contributed by atoms with E-state index in [1.807, 2.05) is 6.08 Å². The van der Waals surface area contributed by atoms with E-state index in [-0.39, 0.29) is 0 Å². The van der Waals surface area contributed by atoms with E-state index in [9.17, 15) is 0 Å². The minimum Gasteiger partial charge on any atom is -0.361 e. The molecule has 0 rings (SSSR count). The number of hydrogen-bond donors (Lipinski definition) is 1. The van der Waals surface area contributed by atoms with Crippen molar-refractivity contribution in [3.05, 3.63) is 25.3 Å². The van der Waals surface area contributed by atoms with Crippen molar-refractivity contribution in [2.75, 3.05) is 18.8 Å². The molecule has 0 amide bonds. The normalized spacial score (nSPS) is 10.9. The van der Waals surface area contributed by atoms with E-state index in [4.69, 9.17) is 0 Å². The Balaban J connectivity index is 3.82. The van der Waals surface area contributed by atoms with Crippen LogP contribution < -0.4 is 5.32 Å². The fourth-order valence-corrected chi connectivity index (χ4v) is 1.22. The summed E-state index contributed by atoms with van der Waals surface area (Å²) in [4.78, 5) is 4.27. The summed E-state index contributed by atoms with van der Waals surface area (Å²) in [5.74, 6) is 1.03. The third kappa shape index (κ3) is 6.04. The van der Waals surface area contributed by atoms with Gasteiger partial charge in [-0.1, -0.05) is 30.8 Å². The van der Waals surface area contributed by atoms with Crippen LogP contribution in [0.15, 0.2) is 30.3 Å². The molecule has 0 atom stereocenters. The summed E-state index contributed by atoms with van der Waals surface area (Å²) in [6.07, 6.45) is 3.60. The van der Waals surface area contributed by atoms with Gasteiger partial charge in [0.15, 0.2) is 5.17 Å². The molecule has 0 aromatic carbocycles. The van der Waals surface area contributed by atoms with Crippen LogP contribution in [0.4, 0.5) is 0 Å². The van der Waals surface area contributed by atoms with Crippen molar-refractivity contribution in [3.63, 3.8) is 0 Å². The van der Waals surface area contributed by atoms with Gasteiger partial charge in [-0.3, -0.25) is 4.99 Å². The van der Waals surface area contributed by atoms with Crippen LogP contribution in [0.5, 0.6) is 0 Å². The molecule has 0 saturated carbocycles. The zero-order valence-electron chi connectivity index (χ0n) is 7.55. The maximum atomic E-state index is 4.27. The van der Waals surface area contributed by atoms with Gasteiger partial charge in [0.25, 0.3) is 0 Å². The first-order chi connectivity index (χ1) is 5.85. The number of thioether (sulfide) groups is 1. The van der Waals surface area contributed by atoms with Crippen molar-refractivity contribution in [2.45, 2.75) is 6.92 Å². The summed E-state index contributed by atoms with van der Waals surface area (Å²) < 4.78 is 0. The van der Waals surface area contributed by atoms with Crippen LogP contribution >= 0.6 is 11.8 Å². The fraction of sp³-hybridized carbons (Fsp3) is 0.444. The topological polar surface area (TPSA) is 24.4 Å². The molecule has 0 radical (unpaired) electrons. The fourth-order valence-electron chi connectivity index (χ4n) is 0.596. The summed E-state index contributed by atoms with van der Waals surface area (Å²) in [5, 5.41) is 4.12. The van der Waals surface area contributed by atoms with Crippen LogP contribution in [-0.2, 0) is 0 Å². The number of rotatable bonds is 5. The van der Waals surface area contributed by atoms with E-state index in [0.717, 1.165) is 17.5 Å². The largest absolute Gasteiger partial charge is 0.361 e. The molecule has 0 spiro atoms. The molecular weight excluding hydrogens is 168 g/mol. The number of hydrogen-bond acceptors (Lipinski definition) is 2. The van der Waals surface area contributed by atoms with Gasteiger partial charge in [-0.15, -0.1) is 13.2 Å². The standard InChI is InChI=1S/C9H16N2S/c1-4-7-10-9(12-6-3)11-8-5-2/h4-5H,1-2,6-8H2,3H3,(H,10,11). The van der Waals surface area contributed by atoms with Crippen LogP contribution in [0.1, 0.15) is 6.92 Å². The van der Waals surface area contributed by atoms with Gasteiger partial charge in [0.05, 0.1) is 6.54 Å². The van der Waals surface area contributed by atoms with Crippen LogP contribution in [0, 0.1) is 0 Å². The molecule has 68 valence electrons.